The van der Waals surface area contributed by atoms with Crippen molar-refractivity contribution in [1.29, 1.82) is 5.26 Å². The molecule has 6 heteroatoms. The number of carbonyl (C=O) groups excluding carboxylic acids is 1. The molecular weight excluding hydrogens is 419 g/mol. The lowest BCUT2D eigenvalue weighted by molar-refractivity contribution is -0.112. The third-order valence-electron chi connectivity index (χ3n) is 5.10. The Morgan fingerprint density at radius 2 is 1.82 bits per heavy atom. The molecule has 0 unspecified atom stereocenters. The lowest BCUT2D eigenvalue weighted by Crippen LogP contribution is -2.14. The van der Waals surface area contributed by atoms with Crippen LogP contribution < -0.4 is 14.8 Å². The maximum atomic E-state index is 13.1. The molecule has 0 fully saturated rings. The number of hydrogen-bond donors (Lipinski definition) is 1. The number of carbonyl (C=O) groups is 1. The van der Waals surface area contributed by atoms with E-state index in [0.29, 0.717) is 29.4 Å². The third kappa shape index (κ3) is 6.20. The number of nitrogens with one attached hydrogen (secondary N) is 1. The number of amides is 1. The molecule has 0 aliphatic rings. The van der Waals surface area contributed by atoms with Gasteiger partial charge in [-0.25, -0.2) is 4.39 Å². The number of rotatable bonds is 8. The van der Waals surface area contributed by atoms with Gasteiger partial charge in [0.2, 0.25) is 0 Å². The van der Waals surface area contributed by atoms with Gasteiger partial charge in [0.15, 0.2) is 11.5 Å². The molecule has 1 amide bonds. The van der Waals surface area contributed by atoms with Crippen molar-refractivity contribution in [3.63, 3.8) is 0 Å². The van der Waals surface area contributed by atoms with Crippen LogP contribution in [0.15, 0.2) is 66.2 Å². The number of halogens is 1. The topological polar surface area (TPSA) is 71.3 Å². The molecule has 168 valence electrons. The van der Waals surface area contributed by atoms with Crippen molar-refractivity contribution in [1.82, 2.24) is 0 Å². The Bertz CT molecular complexity index is 1210. The van der Waals surface area contributed by atoms with E-state index in [1.165, 1.54) is 18.2 Å². The van der Waals surface area contributed by atoms with Crippen LogP contribution in [0.5, 0.6) is 11.5 Å². The first-order valence-corrected chi connectivity index (χ1v) is 10.5. The summed E-state index contributed by atoms with van der Waals surface area (Å²) in [6.07, 6.45) is 1.51. The third-order valence-corrected chi connectivity index (χ3v) is 5.10. The van der Waals surface area contributed by atoms with E-state index in [0.717, 1.165) is 16.7 Å². The van der Waals surface area contributed by atoms with Crippen LogP contribution in [-0.2, 0) is 11.4 Å². The van der Waals surface area contributed by atoms with E-state index in [4.69, 9.17) is 9.47 Å². The van der Waals surface area contributed by atoms with Crippen molar-refractivity contribution < 1.29 is 18.7 Å². The molecule has 3 rings (SSSR count). The summed E-state index contributed by atoms with van der Waals surface area (Å²) in [5.74, 6) is 0.206. The molecular formula is C27H25FN2O3. The van der Waals surface area contributed by atoms with E-state index in [2.05, 4.69) is 5.32 Å². The van der Waals surface area contributed by atoms with Crippen LogP contribution in [0.2, 0.25) is 0 Å². The standard InChI is InChI=1S/C27H25FN2O3/c1-4-32-26-15-21(10-13-25(26)33-17-20-8-11-23(28)12-9-20)14-22(16-29)27(31)30-24-7-5-6-18(2)19(24)3/h5-15H,4,17H2,1-3H3,(H,30,31)/b22-14+. The molecule has 0 saturated carbocycles. The van der Waals surface area contributed by atoms with Crippen molar-refractivity contribution in [2.75, 3.05) is 11.9 Å². The van der Waals surface area contributed by atoms with Crippen LogP contribution >= 0.6 is 0 Å². The molecule has 0 atom stereocenters. The number of hydrogen-bond acceptors (Lipinski definition) is 4. The highest BCUT2D eigenvalue weighted by Gasteiger charge is 2.13. The average molecular weight is 445 g/mol. The van der Waals surface area contributed by atoms with Crippen molar-refractivity contribution in [2.24, 2.45) is 0 Å². The first kappa shape index (κ1) is 23.6. The fraction of sp³-hybridized carbons (Fsp3) is 0.185. The molecule has 0 aliphatic carbocycles. The van der Waals surface area contributed by atoms with Crippen LogP contribution in [0.25, 0.3) is 6.08 Å². The van der Waals surface area contributed by atoms with Crippen LogP contribution in [0, 0.1) is 31.0 Å². The number of anilines is 1. The van der Waals surface area contributed by atoms with Gasteiger partial charge >= 0.3 is 0 Å². The highest BCUT2D eigenvalue weighted by atomic mass is 19.1. The van der Waals surface area contributed by atoms with Crippen LogP contribution in [0.3, 0.4) is 0 Å². The van der Waals surface area contributed by atoms with Crippen molar-refractivity contribution in [3.8, 4) is 17.6 Å². The summed E-state index contributed by atoms with van der Waals surface area (Å²) in [6, 6.07) is 18.8. The molecule has 5 nitrogen and oxygen atoms in total. The van der Waals surface area contributed by atoms with Crippen molar-refractivity contribution in [3.05, 3.63) is 94.3 Å². The first-order valence-electron chi connectivity index (χ1n) is 10.5. The molecule has 0 aromatic heterocycles. The maximum Gasteiger partial charge on any atom is 0.266 e. The van der Waals surface area contributed by atoms with Gasteiger partial charge < -0.3 is 14.8 Å². The SMILES string of the molecule is CCOc1cc(/C=C(\C#N)C(=O)Nc2cccc(C)c2C)ccc1OCc1ccc(F)cc1. The Morgan fingerprint density at radius 1 is 1.06 bits per heavy atom. The number of ether oxygens (including phenoxy) is 2. The second-order valence-corrected chi connectivity index (χ2v) is 7.43. The normalized spacial score (nSPS) is 10.9. The average Bonchev–Trinajstić information content (AvgIpc) is 2.81. The lowest BCUT2D eigenvalue weighted by atomic mass is 10.1. The van der Waals surface area contributed by atoms with Gasteiger partial charge in [-0.15, -0.1) is 0 Å². The zero-order chi connectivity index (χ0) is 23.8. The van der Waals surface area contributed by atoms with Gasteiger partial charge in [0.1, 0.15) is 24.1 Å². The molecule has 0 radical (unpaired) electrons. The van der Waals surface area contributed by atoms with Gasteiger partial charge in [0.05, 0.1) is 6.61 Å². The Hall–Kier alpha value is -4.11. The molecule has 0 heterocycles. The summed E-state index contributed by atoms with van der Waals surface area (Å²) >= 11 is 0. The van der Waals surface area contributed by atoms with Gasteiger partial charge in [0.25, 0.3) is 5.91 Å². The Kier molecular flexibility index (Phi) is 7.82. The summed E-state index contributed by atoms with van der Waals surface area (Å²) in [4.78, 5) is 12.7. The van der Waals surface area contributed by atoms with Crippen molar-refractivity contribution >= 4 is 17.7 Å². The highest BCUT2D eigenvalue weighted by molar-refractivity contribution is 6.10. The quantitative estimate of drug-likeness (QED) is 0.343. The minimum Gasteiger partial charge on any atom is -0.490 e. The molecule has 0 saturated heterocycles. The fourth-order valence-electron chi connectivity index (χ4n) is 3.14. The van der Waals surface area contributed by atoms with Gasteiger partial charge in [0, 0.05) is 5.69 Å². The Labute approximate surface area is 193 Å². The second kappa shape index (κ2) is 11.0. The lowest BCUT2D eigenvalue weighted by Gasteiger charge is -2.13. The highest BCUT2D eigenvalue weighted by Crippen LogP contribution is 2.30. The monoisotopic (exact) mass is 444 g/mol. The van der Waals surface area contributed by atoms with E-state index in [-0.39, 0.29) is 18.0 Å². The number of aryl methyl sites for hydroxylation is 1. The summed E-state index contributed by atoms with van der Waals surface area (Å²) in [5, 5.41) is 12.4. The largest absolute Gasteiger partial charge is 0.490 e. The molecule has 33 heavy (non-hydrogen) atoms. The van der Waals surface area contributed by atoms with Crippen LogP contribution in [-0.4, -0.2) is 12.5 Å². The van der Waals surface area contributed by atoms with E-state index < -0.39 is 5.91 Å². The first-order chi connectivity index (χ1) is 15.9. The number of nitriles is 1. The Balaban J connectivity index is 1.79. The number of benzene rings is 3. The van der Waals surface area contributed by atoms with E-state index in [1.807, 2.05) is 39.0 Å². The molecule has 0 aliphatic heterocycles. The Morgan fingerprint density at radius 3 is 2.52 bits per heavy atom. The van der Waals surface area contributed by atoms with Gasteiger partial charge in [-0.3, -0.25) is 4.79 Å². The van der Waals surface area contributed by atoms with E-state index in [1.54, 1.807) is 36.4 Å². The molecule has 3 aromatic rings. The second-order valence-electron chi connectivity index (χ2n) is 7.43. The summed E-state index contributed by atoms with van der Waals surface area (Å²) in [5.41, 5.74) is 4.08. The van der Waals surface area contributed by atoms with Gasteiger partial charge in [-0.1, -0.05) is 30.3 Å². The van der Waals surface area contributed by atoms with E-state index in [9.17, 15) is 14.4 Å². The van der Waals surface area contributed by atoms with Crippen LogP contribution in [0.1, 0.15) is 29.2 Å². The summed E-state index contributed by atoms with van der Waals surface area (Å²) in [6.45, 7) is 6.39. The molecule has 0 spiro atoms. The fourth-order valence-corrected chi connectivity index (χ4v) is 3.14. The number of nitrogens with zero attached hydrogens (tertiary/aromatic N) is 1. The minimum absolute atomic E-state index is 0.0293. The minimum atomic E-state index is -0.485. The van der Waals surface area contributed by atoms with Crippen molar-refractivity contribution in [2.45, 2.75) is 27.4 Å². The smallest absolute Gasteiger partial charge is 0.266 e. The zero-order valence-corrected chi connectivity index (χ0v) is 18.8. The van der Waals surface area contributed by atoms with Gasteiger partial charge in [-0.2, -0.15) is 5.26 Å². The van der Waals surface area contributed by atoms with E-state index >= 15 is 0 Å². The predicted octanol–water partition coefficient (Wildman–Crippen LogP) is 5.97. The van der Waals surface area contributed by atoms with Gasteiger partial charge in [-0.05, 0) is 79.4 Å². The zero-order valence-electron chi connectivity index (χ0n) is 18.8. The molecule has 1 N–H and O–H groups in total. The molecule has 0 bridgehead atoms. The summed E-state index contributed by atoms with van der Waals surface area (Å²) < 4.78 is 24.6. The van der Waals surface area contributed by atoms with Crippen LogP contribution in [0.4, 0.5) is 10.1 Å². The maximum absolute atomic E-state index is 13.1. The summed E-state index contributed by atoms with van der Waals surface area (Å²) in [7, 11) is 0. The predicted molar refractivity (Wildman–Crippen MR) is 126 cm³/mol. The molecule has 3 aromatic carbocycles.